The summed E-state index contributed by atoms with van der Waals surface area (Å²) < 4.78 is 0. The molecule has 0 aliphatic heterocycles. The van der Waals surface area contributed by atoms with Crippen LogP contribution in [0.25, 0.3) is 0 Å². The number of rotatable bonds is 7. The zero-order valence-corrected chi connectivity index (χ0v) is 15.9. The van der Waals surface area contributed by atoms with Crippen molar-refractivity contribution in [3.8, 4) is 6.07 Å². The molecule has 26 heavy (non-hydrogen) atoms. The Kier molecular flexibility index (Phi) is 7.53. The summed E-state index contributed by atoms with van der Waals surface area (Å²) in [6.45, 7) is 2.15. The zero-order chi connectivity index (χ0) is 18.9. The minimum atomic E-state index is -0.491. The van der Waals surface area contributed by atoms with E-state index in [-0.39, 0.29) is 5.57 Å². The van der Waals surface area contributed by atoms with E-state index in [0.29, 0.717) is 21.4 Å². The van der Waals surface area contributed by atoms with Crippen molar-refractivity contribution in [2.75, 3.05) is 10.6 Å². The van der Waals surface area contributed by atoms with Gasteiger partial charge in [-0.1, -0.05) is 48.7 Å². The Hall–Kier alpha value is -2.48. The van der Waals surface area contributed by atoms with E-state index in [1.807, 2.05) is 30.3 Å². The summed E-state index contributed by atoms with van der Waals surface area (Å²) in [5.41, 5.74) is 2.39. The van der Waals surface area contributed by atoms with Crippen molar-refractivity contribution in [2.24, 2.45) is 0 Å². The number of hydrogen-bond donors (Lipinski definition) is 2. The van der Waals surface area contributed by atoms with Crippen molar-refractivity contribution >= 4 is 40.5 Å². The molecule has 0 radical (unpaired) electrons. The first kappa shape index (κ1) is 19.8. The number of benzene rings is 2. The predicted molar refractivity (Wildman–Crippen MR) is 107 cm³/mol. The van der Waals surface area contributed by atoms with E-state index in [1.54, 1.807) is 18.2 Å². The summed E-state index contributed by atoms with van der Waals surface area (Å²) in [6.07, 6.45) is 4.61. The van der Waals surface area contributed by atoms with Gasteiger partial charge in [0, 0.05) is 27.6 Å². The van der Waals surface area contributed by atoms with Gasteiger partial charge in [0.05, 0.1) is 0 Å². The van der Waals surface area contributed by atoms with E-state index in [0.717, 1.165) is 19.3 Å². The maximum atomic E-state index is 12.3. The van der Waals surface area contributed by atoms with Gasteiger partial charge >= 0.3 is 0 Å². The van der Waals surface area contributed by atoms with Crippen LogP contribution in [0.4, 0.5) is 11.4 Å². The maximum Gasteiger partial charge on any atom is 0.267 e. The molecule has 0 fully saturated rings. The summed E-state index contributed by atoms with van der Waals surface area (Å²) in [5, 5.41) is 15.7. The fourth-order valence-corrected chi connectivity index (χ4v) is 2.80. The average molecular weight is 388 g/mol. The van der Waals surface area contributed by atoms with Gasteiger partial charge in [0.2, 0.25) is 0 Å². The van der Waals surface area contributed by atoms with E-state index in [9.17, 15) is 10.1 Å². The van der Waals surface area contributed by atoms with Crippen molar-refractivity contribution in [1.82, 2.24) is 0 Å². The number of anilines is 2. The Morgan fingerprint density at radius 3 is 2.35 bits per heavy atom. The minimum Gasteiger partial charge on any atom is -0.360 e. The van der Waals surface area contributed by atoms with Gasteiger partial charge in [-0.15, -0.1) is 0 Å². The largest absolute Gasteiger partial charge is 0.360 e. The van der Waals surface area contributed by atoms with Gasteiger partial charge in [-0.3, -0.25) is 4.79 Å². The van der Waals surface area contributed by atoms with Crippen molar-refractivity contribution in [1.29, 1.82) is 5.26 Å². The molecule has 1 amide bonds. The highest BCUT2D eigenvalue weighted by molar-refractivity contribution is 6.35. The number of amides is 1. The van der Waals surface area contributed by atoms with E-state index in [4.69, 9.17) is 23.2 Å². The summed E-state index contributed by atoms with van der Waals surface area (Å²) in [4.78, 5) is 12.3. The van der Waals surface area contributed by atoms with Crippen molar-refractivity contribution < 1.29 is 4.79 Å². The lowest BCUT2D eigenvalue weighted by Crippen LogP contribution is -2.14. The second kappa shape index (κ2) is 9.86. The molecule has 0 aliphatic rings. The highest BCUT2D eigenvalue weighted by atomic mass is 35.5. The van der Waals surface area contributed by atoms with Gasteiger partial charge in [0.25, 0.3) is 5.91 Å². The van der Waals surface area contributed by atoms with Crippen LogP contribution in [-0.4, -0.2) is 5.91 Å². The monoisotopic (exact) mass is 387 g/mol. The molecule has 0 saturated heterocycles. The summed E-state index contributed by atoms with van der Waals surface area (Å²) >= 11 is 11.8. The molecule has 0 aliphatic carbocycles. The highest BCUT2D eigenvalue weighted by Crippen LogP contribution is 2.22. The molecule has 6 heteroatoms. The molecule has 0 saturated carbocycles. The van der Waals surface area contributed by atoms with Crippen LogP contribution in [0.15, 0.2) is 54.2 Å². The van der Waals surface area contributed by atoms with E-state index < -0.39 is 5.91 Å². The topological polar surface area (TPSA) is 64.9 Å². The van der Waals surface area contributed by atoms with E-state index in [2.05, 4.69) is 17.6 Å². The Morgan fingerprint density at radius 2 is 1.77 bits per heavy atom. The van der Waals surface area contributed by atoms with Crippen molar-refractivity contribution in [3.05, 3.63) is 69.8 Å². The first-order chi connectivity index (χ1) is 12.5. The van der Waals surface area contributed by atoms with Gasteiger partial charge in [-0.25, -0.2) is 0 Å². The Bertz CT molecular complexity index is 819. The molecule has 2 aromatic rings. The maximum absolute atomic E-state index is 12.3. The smallest absolute Gasteiger partial charge is 0.267 e. The van der Waals surface area contributed by atoms with Crippen molar-refractivity contribution in [3.63, 3.8) is 0 Å². The number of carbonyl (C=O) groups excluding carboxylic acids is 1. The first-order valence-corrected chi connectivity index (χ1v) is 9.00. The Morgan fingerprint density at radius 1 is 1.12 bits per heavy atom. The van der Waals surface area contributed by atoms with Gasteiger partial charge in [-0.05, 0) is 48.7 Å². The molecular weight excluding hydrogens is 369 g/mol. The lowest BCUT2D eigenvalue weighted by atomic mass is 10.1. The fraction of sp³-hybridized carbons (Fsp3) is 0.200. The SMILES string of the molecule is CCCCc1ccc(NC(=O)/C(C#N)=C\Nc2cc(Cl)cc(Cl)c2)cc1. The molecule has 0 bridgehead atoms. The summed E-state index contributed by atoms with van der Waals surface area (Å²) in [7, 11) is 0. The Labute approximate surface area is 163 Å². The molecule has 2 aromatic carbocycles. The Balaban J connectivity index is 2.02. The zero-order valence-electron chi connectivity index (χ0n) is 14.4. The average Bonchev–Trinajstić information content (AvgIpc) is 2.61. The number of halogens is 2. The summed E-state index contributed by atoms with van der Waals surface area (Å²) in [6, 6.07) is 14.4. The summed E-state index contributed by atoms with van der Waals surface area (Å²) in [5.74, 6) is -0.491. The molecule has 0 spiro atoms. The van der Waals surface area contributed by atoms with Crippen LogP contribution < -0.4 is 10.6 Å². The standard InChI is InChI=1S/C20H19Cl2N3O/c1-2-3-4-14-5-7-18(8-6-14)25-20(26)15(12-23)13-24-19-10-16(21)9-17(22)11-19/h5-11,13,24H,2-4H2,1H3,(H,25,26)/b15-13-. The molecule has 0 unspecified atom stereocenters. The number of nitriles is 1. The van der Waals surface area contributed by atoms with Gasteiger partial charge < -0.3 is 10.6 Å². The number of aryl methyl sites for hydroxylation is 1. The van der Waals surface area contributed by atoms with E-state index in [1.165, 1.54) is 11.8 Å². The second-order valence-corrected chi connectivity index (χ2v) is 6.60. The van der Waals surface area contributed by atoms with Gasteiger partial charge in [0.1, 0.15) is 11.6 Å². The normalized spacial score (nSPS) is 10.9. The van der Waals surface area contributed by atoms with Crippen LogP contribution in [0.5, 0.6) is 0 Å². The molecule has 134 valence electrons. The molecule has 0 atom stereocenters. The van der Waals surface area contributed by atoms with E-state index >= 15 is 0 Å². The first-order valence-electron chi connectivity index (χ1n) is 8.25. The molecular formula is C20H19Cl2N3O. The highest BCUT2D eigenvalue weighted by Gasteiger charge is 2.09. The second-order valence-electron chi connectivity index (χ2n) is 5.73. The van der Waals surface area contributed by atoms with Crippen LogP contribution in [-0.2, 0) is 11.2 Å². The fourth-order valence-electron chi connectivity index (χ4n) is 2.28. The molecule has 0 aromatic heterocycles. The number of nitrogens with zero attached hydrogens (tertiary/aromatic N) is 1. The number of unbranched alkanes of at least 4 members (excludes halogenated alkanes) is 1. The van der Waals surface area contributed by atoms with Gasteiger partial charge in [0.15, 0.2) is 0 Å². The van der Waals surface area contributed by atoms with Crippen LogP contribution in [0, 0.1) is 11.3 Å². The molecule has 4 nitrogen and oxygen atoms in total. The predicted octanol–water partition coefficient (Wildman–Crippen LogP) is 5.79. The van der Waals surface area contributed by atoms with Crippen molar-refractivity contribution in [2.45, 2.75) is 26.2 Å². The third-order valence-electron chi connectivity index (χ3n) is 3.64. The minimum absolute atomic E-state index is 0.0591. The number of nitrogens with one attached hydrogen (secondary N) is 2. The molecule has 0 heterocycles. The number of hydrogen-bond acceptors (Lipinski definition) is 3. The molecule has 2 N–H and O–H groups in total. The van der Waals surface area contributed by atoms with Crippen LogP contribution in [0.1, 0.15) is 25.3 Å². The van der Waals surface area contributed by atoms with Crippen LogP contribution >= 0.6 is 23.2 Å². The van der Waals surface area contributed by atoms with Gasteiger partial charge in [-0.2, -0.15) is 5.26 Å². The molecule has 2 rings (SSSR count). The van der Waals surface area contributed by atoms with Crippen LogP contribution in [0.2, 0.25) is 10.0 Å². The third-order valence-corrected chi connectivity index (χ3v) is 4.08. The lowest BCUT2D eigenvalue weighted by molar-refractivity contribution is -0.112. The quantitative estimate of drug-likeness (QED) is 0.466. The third kappa shape index (κ3) is 6.11. The lowest BCUT2D eigenvalue weighted by Gasteiger charge is -2.07. The number of carbonyl (C=O) groups is 1. The van der Waals surface area contributed by atoms with Crippen LogP contribution in [0.3, 0.4) is 0 Å².